The first kappa shape index (κ1) is 33.0. The van der Waals surface area contributed by atoms with E-state index in [2.05, 4.69) is 176 Å². The Morgan fingerprint density at radius 1 is 0.250 bits per heavy atom. The lowest BCUT2D eigenvalue weighted by Crippen LogP contribution is -1.96. The number of hydrogen-bond donors (Lipinski definition) is 0. The van der Waals surface area contributed by atoms with Crippen molar-refractivity contribution in [2.24, 2.45) is 0 Å². The first-order valence-corrected chi connectivity index (χ1v) is 18.8. The Morgan fingerprint density at radius 2 is 0.661 bits per heavy atom. The van der Waals surface area contributed by atoms with E-state index in [1.165, 1.54) is 11.1 Å². The Hall–Kier alpha value is -7.56. The Bertz CT molecular complexity index is 2970. The highest BCUT2D eigenvalue weighted by Gasteiger charge is 2.15. The molecule has 0 bridgehead atoms. The van der Waals surface area contributed by atoms with Gasteiger partial charge in [0.1, 0.15) is 0 Å². The molecule has 3 aromatic heterocycles. The third-order valence-corrected chi connectivity index (χ3v) is 10.3. The number of benzene rings is 7. The predicted octanol–water partition coefficient (Wildman–Crippen LogP) is 13.2. The molecule has 0 atom stereocenters. The Kier molecular flexibility index (Phi) is 8.47. The van der Waals surface area contributed by atoms with Crippen LogP contribution in [0.3, 0.4) is 0 Å². The summed E-state index contributed by atoms with van der Waals surface area (Å²) in [7, 11) is 0. The molecular formula is C52H34N4. The van der Waals surface area contributed by atoms with Gasteiger partial charge in [0.05, 0.1) is 33.8 Å². The monoisotopic (exact) mass is 714 g/mol. The van der Waals surface area contributed by atoms with Crippen molar-refractivity contribution in [3.63, 3.8) is 0 Å². The summed E-state index contributed by atoms with van der Waals surface area (Å²) in [5, 5.41) is 2.13. The normalized spacial score (nSPS) is 11.2. The number of fused-ring (bicyclic) bond motifs is 3. The molecule has 10 rings (SSSR count). The highest BCUT2D eigenvalue weighted by molar-refractivity contribution is 6.09. The maximum atomic E-state index is 5.29. The van der Waals surface area contributed by atoms with Crippen LogP contribution in [-0.2, 0) is 0 Å². The number of pyridine rings is 2. The van der Waals surface area contributed by atoms with Gasteiger partial charge in [0.2, 0.25) is 0 Å². The molecule has 56 heavy (non-hydrogen) atoms. The molecule has 0 aliphatic heterocycles. The fourth-order valence-corrected chi connectivity index (χ4v) is 7.38. The van der Waals surface area contributed by atoms with Crippen LogP contribution < -0.4 is 0 Å². The molecule has 0 spiro atoms. The van der Waals surface area contributed by atoms with Crippen molar-refractivity contribution < 1.29 is 0 Å². The van der Waals surface area contributed by atoms with Crippen LogP contribution in [-0.4, -0.2) is 19.9 Å². The first-order valence-electron chi connectivity index (χ1n) is 18.8. The van der Waals surface area contributed by atoms with Gasteiger partial charge in [0.15, 0.2) is 5.82 Å². The van der Waals surface area contributed by atoms with Crippen molar-refractivity contribution in [3.8, 4) is 78.7 Å². The third-order valence-electron chi connectivity index (χ3n) is 10.3. The molecule has 0 radical (unpaired) electrons. The SMILES string of the molecule is c1ccc(-c2ccc(-c3cc(-c4ccc(-c5ccc6ccc7c(-c8ccccc8)cc(-c8ccccc8)nc7c6n5)cc4)nc(-c4ccccc4)n3)cc2)cc1. The van der Waals surface area contributed by atoms with E-state index in [0.29, 0.717) is 5.82 Å². The summed E-state index contributed by atoms with van der Waals surface area (Å²) in [6, 6.07) is 71.5. The van der Waals surface area contributed by atoms with Crippen molar-refractivity contribution in [1.29, 1.82) is 0 Å². The van der Waals surface area contributed by atoms with Crippen LogP contribution in [0.1, 0.15) is 0 Å². The zero-order chi connectivity index (χ0) is 37.3. The number of nitrogens with zero attached hydrogens (tertiary/aromatic N) is 4. The Morgan fingerprint density at radius 3 is 1.25 bits per heavy atom. The highest BCUT2D eigenvalue weighted by Crippen LogP contribution is 2.36. The molecule has 4 nitrogen and oxygen atoms in total. The van der Waals surface area contributed by atoms with Gasteiger partial charge in [-0.3, -0.25) is 0 Å². The predicted molar refractivity (Wildman–Crippen MR) is 231 cm³/mol. The molecule has 0 fully saturated rings. The molecule has 262 valence electrons. The van der Waals surface area contributed by atoms with Crippen LogP contribution in [0.5, 0.6) is 0 Å². The van der Waals surface area contributed by atoms with Crippen molar-refractivity contribution in [1.82, 2.24) is 19.9 Å². The smallest absolute Gasteiger partial charge is 0.160 e. The van der Waals surface area contributed by atoms with Crippen molar-refractivity contribution in [3.05, 3.63) is 206 Å². The van der Waals surface area contributed by atoms with Gasteiger partial charge < -0.3 is 0 Å². The van der Waals surface area contributed by atoms with Gasteiger partial charge in [-0.05, 0) is 40.5 Å². The minimum Gasteiger partial charge on any atom is -0.245 e. The topological polar surface area (TPSA) is 51.6 Å². The molecule has 0 aliphatic carbocycles. The number of aromatic nitrogens is 4. The van der Waals surface area contributed by atoms with E-state index in [0.717, 1.165) is 83.5 Å². The minimum absolute atomic E-state index is 0.689. The first-order chi connectivity index (χ1) is 27.7. The van der Waals surface area contributed by atoms with E-state index < -0.39 is 0 Å². The summed E-state index contributed by atoms with van der Waals surface area (Å²) < 4.78 is 0. The van der Waals surface area contributed by atoms with E-state index in [-0.39, 0.29) is 0 Å². The van der Waals surface area contributed by atoms with Crippen LogP contribution in [0, 0.1) is 0 Å². The Balaban J connectivity index is 1.05. The van der Waals surface area contributed by atoms with E-state index in [1.807, 2.05) is 30.3 Å². The van der Waals surface area contributed by atoms with Crippen LogP contribution in [0.25, 0.3) is 100 Å². The maximum absolute atomic E-state index is 5.29. The van der Waals surface area contributed by atoms with Gasteiger partial charge in [0.25, 0.3) is 0 Å². The summed E-state index contributed by atoms with van der Waals surface area (Å²) in [4.78, 5) is 20.7. The molecule has 0 saturated carbocycles. The third kappa shape index (κ3) is 6.40. The van der Waals surface area contributed by atoms with Gasteiger partial charge in [-0.25, -0.2) is 19.9 Å². The van der Waals surface area contributed by atoms with Gasteiger partial charge >= 0.3 is 0 Å². The number of hydrogen-bond acceptors (Lipinski definition) is 4. The van der Waals surface area contributed by atoms with E-state index in [4.69, 9.17) is 19.9 Å². The molecule has 0 saturated heterocycles. The largest absolute Gasteiger partial charge is 0.245 e. The second-order valence-electron chi connectivity index (χ2n) is 13.9. The highest BCUT2D eigenvalue weighted by atomic mass is 14.9. The summed E-state index contributed by atoms with van der Waals surface area (Å²) in [6.07, 6.45) is 0. The summed E-state index contributed by atoms with van der Waals surface area (Å²) in [5.41, 5.74) is 15.1. The summed E-state index contributed by atoms with van der Waals surface area (Å²) in [5.74, 6) is 0.689. The second-order valence-corrected chi connectivity index (χ2v) is 13.9. The van der Waals surface area contributed by atoms with E-state index in [9.17, 15) is 0 Å². The summed E-state index contributed by atoms with van der Waals surface area (Å²) in [6.45, 7) is 0. The second kappa shape index (κ2) is 14.3. The quantitative estimate of drug-likeness (QED) is 0.154. The van der Waals surface area contributed by atoms with E-state index >= 15 is 0 Å². The molecule has 7 aromatic carbocycles. The maximum Gasteiger partial charge on any atom is 0.160 e. The van der Waals surface area contributed by atoms with Gasteiger partial charge in [-0.15, -0.1) is 0 Å². The minimum atomic E-state index is 0.689. The zero-order valence-electron chi connectivity index (χ0n) is 30.4. The molecule has 0 N–H and O–H groups in total. The van der Waals surface area contributed by atoms with Gasteiger partial charge in [-0.2, -0.15) is 0 Å². The van der Waals surface area contributed by atoms with E-state index in [1.54, 1.807) is 0 Å². The molecule has 0 amide bonds. The van der Waals surface area contributed by atoms with Crippen molar-refractivity contribution in [2.75, 3.05) is 0 Å². The van der Waals surface area contributed by atoms with Crippen LogP contribution in [0.2, 0.25) is 0 Å². The molecule has 3 heterocycles. The molecule has 0 aliphatic rings. The molecule has 4 heteroatoms. The average Bonchev–Trinajstić information content (AvgIpc) is 3.29. The van der Waals surface area contributed by atoms with Gasteiger partial charge in [0, 0.05) is 38.6 Å². The van der Waals surface area contributed by atoms with Crippen LogP contribution in [0.4, 0.5) is 0 Å². The lowest BCUT2D eigenvalue weighted by atomic mass is 9.97. The Labute approximate surface area is 325 Å². The summed E-state index contributed by atoms with van der Waals surface area (Å²) >= 11 is 0. The fourth-order valence-electron chi connectivity index (χ4n) is 7.38. The lowest BCUT2D eigenvalue weighted by molar-refractivity contribution is 1.18. The zero-order valence-corrected chi connectivity index (χ0v) is 30.4. The van der Waals surface area contributed by atoms with Crippen molar-refractivity contribution >= 4 is 21.8 Å². The molecular weight excluding hydrogens is 681 g/mol. The average molecular weight is 715 g/mol. The van der Waals surface area contributed by atoms with Crippen LogP contribution in [0.15, 0.2) is 206 Å². The van der Waals surface area contributed by atoms with Crippen molar-refractivity contribution in [2.45, 2.75) is 0 Å². The van der Waals surface area contributed by atoms with Gasteiger partial charge in [-0.1, -0.05) is 188 Å². The fraction of sp³-hybridized carbons (Fsp3) is 0. The number of rotatable bonds is 7. The standard InChI is InChI=1S/C52H34N4/c1-5-13-35(14-6-1)36-21-23-40(24-22-36)48-34-49(56-52(55-48)43-19-11-4-12-20-43)41-27-25-39(26-28-41)46-32-30-42-29-31-44-45(37-15-7-2-8-16-37)33-47(38-17-9-3-10-18-38)54-51(44)50(42)53-46/h1-34H. The molecule has 10 aromatic rings. The lowest BCUT2D eigenvalue weighted by Gasteiger charge is -2.13. The molecule has 0 unspecified atom stereocenters. The van der Waals surface area contributed by atoms with Crippen LogP contribution >= 0.6 is 0 Å².